The van der Waals surface area contributed by atoms with Gasteiger partial charge in [0.25, 0.3) is 0 Å². The maximum Gasteiger partial charge on any atom is 0.326 e. The smallest absolute Gasteiger partial charge is 0.326 e. The molecule has 0 aromatic heterocycles. The summed E-state index contributed by atoms with van der Waals surface area (Å²) in [4.78, 5) is 22.0. The Kier molecular flexibility index (Phi) is 7.49. The number of aliphatic hydroxyl groups excluding tert-OH is 1. The molecular formula is C10H20N2O4. The number of carboxylic acids is 1. The van der Waals surface area contributed by atoms with Gasteiger partial charge in [-0.2, -0.15) is 0 Å². The lowest BCUT2D eigenvalue weighted by Gasteiger charge is -2.15. The molecule has 0 bridgehead atoms. The van der Waals surface area contributed by atoms with Gasteiger partial charge in [-0.1, -0.05) is 6.92 Å². The van der Waals surface area contributed by atoms with E-state index in [1.807, 2.05) is 6.92 Å². The first kappa shape index (κ1) is 14.9. The predicted octanol–water partition coefficient (Wildman–Crippen LogP) is -0.544. The molecule has 0 saturated heterocycles. The van der Waals surface area contributed by atoms with Gasteiger partial charge in [0.05, 0.1) is 6.10 Å². The lowest BCUT2D eigenvalue weighted by Crippen LogP contribution is -2.41. The summed E-state index contributed by atoms with van der Waals surface area (Å²) in [6.45, 7) is 1.93. The van der Waals surface area contributed by atoms with Gasteiger partial charge in [0, 0.05) is 13.0 Å². The number of amides is 1. The molecule has 6 heteroatoms. The highest BCUT2D eigenvalue weighted by atomic mass is 16.4. The molecule has 94 valence electrons. The minimum atomic E-state index is -1.09. The molecule has 6 nitrogen and oxygen atoms in total. The molecule has 0 aliphatic rings. The van der Waals surface area contributed by atoms with Crippen molar-refractivity contribution >= 4 is 11.9 Å². The van der Waals surface area contributed by atoms with Gasteiger partial charge in [0.15, 0.2) is 0 Å². The summed E-state index contributed by atoms with van der Waals surface area (Å²) in [7, 11) is 0. The van der Waals surface area contributed by atoms with Gasteiger partial charge >= 0.3 is 5.97 Å². The first-order valence-corrected chi connectivity index (χ1v) is 5.41. The Hall–Kier alpha value is -1.14. The van der Waals surface area contributed by atoms with E-state index in [9.17, 15) is 14.7 Å². The zero-order valence-corrected chi connectivity index (χ0v) is 9.48. The fourth-order valence-electron chi connectivity index (χ4n) is 1.23. The third kappa shape index (κ3) is 6.36. The highest BCUT2D eigenvalue weighted by Crippen LogP contribution is 2.02. The molecular weight excluding hydrogens is 212 g/mol. The molecule has 5 N–H and O–H groups in total. The summed E-state index contributed by atoms with van der Waals surface area (Å²) in [6, 6.07) is -0.944. The van der Waals surface area contributed by atoms with Crippen molar-refractivity contribution in [1.82, 2.24) is 5.32 Å². The number of aliphatic hydroxyl groups is 1. The summed E-state index contributed by atoms with van der Waals surface area (Å²) in [5.41, 5.74) is 5.20. The largest absolute Gasteiger partial charge is 0.480 e. The number of carbonyl (C=O) groups excluding carboxylic acids is 1. The van der Waals surface area contributed by atoms with Crippen LogP contribution in [0, 0.1) is 0 Å². The van der Waals surface area contributed by atoms with Crippen molar-refractivity contribution in [1.29, 1.82) is 0 Å². The molecule has 0 aromatic rings. The van der Waals surface area contributed by atoms with E-state index in [-0.39, 0.29) is 25.3 Å². The van der Waals surface area contributed by atoms with E-state index in [4.69, 9.17) is 10.8 Å². The Balaban J connectivity index is 4.07. The van der Waals surface area contributed by atoms with Crippen LogP contribution in [0.5, 0.6) is 0 Å². The molecule has 0 heterocycles. The summed E-state index contributed by atoms with van der Waals surface area (Å²) < 4.78 is 0. The second kappa shape index (κ2) is 8.06. The minimum Gasteiger partial charge on any atom is -0.480 e. The Bertz CT molecular complexity index is 233. The number of nitrogens with two attached hydrogens (primary N) is 1. The van der Waals surface area contributed by atoms with Gasteiger partial charge in [-0.05, 0) is 19.3 Å². The van der Waals surface area contributed by atoms with Crippen LogP contribution in [-0.4, -0.2) is 40.8 Å². The van der Waals surface area contributed by atoms with Crippen molar-refractivity contribution in [3.63, 3.8) is 0 Å². The zero-order chi connectivity index (χ0) is 12.6. The molecule has 0 radical (unpaired) electrons. The maximum absolute atomic E-state index is 11.2. The predicted molar refractivity (Wildman–Crippen MR) is 58.8 cm³/mol. The number of rotatable bonds is 8. The van der Waals surface area contributed by atoms with E-state index in [1.165, 1.54) is 0 Å². The van der Waals surface area contributed by atoms with Crippen molar-refractivity contribution in [3.8, 4) is 0 Å². The summed E-state index contributed by atoms with van der Waals surface area (Å²) in [5, 5.41) is 20.5. The van der Waals surface area contributed by atoms with Crippen LogP contribution in [0.15, 0.2) is 0 Å². The van der Waals surface area contributed by atoms with Gasteiger partial charge in [-0.15, -0.1) is 0 Å². The van der Waals surface area contributed by atoms with E-state index in [2.05, 4.69) is 5.32 Å². The first-order chi connectivity index (χ1) is 7.51. The molecule has 0 aliphatic heterocycles. The minimum absolute atomic E-state index is 0.0925. The number of hydrogen-bond acceptors (Lipinski definition) is 4. The van der Waals surface area contributed by atoms with Crippen molar-refractivity contribution in [2.75, 3.05) is 6.54 Å². The highest BCUT2D eigenvalue weighted by Gasteiger charge is 2.20. The maximum atomic E-state index is 11.2. The van der Waals surface area contributed by atoms with E-state index in [0.717, 1.165) is 0 Å². The second-order valence-electron chi connectivity index (χ2n) is 3.68. The number of nitrogens with one attached hydrogen (secondary N) is 1. The normalized spacial score (nSPS) is 14.2. The van der Waals surface area contributed by atoms with E-state index < -0.39 is 18.1 Å². The van der Waals surface area contributed by atoms with E-state index in [0.29, 0.717) is 12.8 Å². The van der Waals surface area contributed by atoms with Crippen molar-refractivity contribution in [2.24, 2.45) is 5.73 Å². The standard InChI is InChI=1S/C10H20N2O4/c1-2-3-9(14)12-8(10(15)16)5-4-7(13)6-11/h7-8,13H,2-6,11H2,1H3,(H,12,14)(H,15,16)/t7-,8+/m1/s1. The lowest BCUT2D eigenvalue weighted by molar-refractivity contribution is -0.142. The number of hydrogen-bond donors (Lipinski definition) is 4. The molecule has 1 amide bonds. The van der Waals surface area contributed by atoms with Gasteiger partial charge < -0.3 is 21.3 Å². The van der Waals surface area contributed by atoms with Crippen LogP contribution >= 0.6 is 0 Å². The van der Waals surface area contributed by atoms with Crippen molar-refractivity contribution in [3.05, 3.63) is 0 Å². The van der Waals surface area contributed by atoms with Crippen LogP contribution < -0.4 is 11.1 Å². The van der Waals surface area contributed by atoms with Crippen molar-refractivity contribution < 1.29 is 19.8 Å². The SMILES string of the molecule is CCCC(=O)N[C@@H](CC[C@@H](O)CN)C(=O)O. The molecule has 0 rings (SSSR count). The number of carbonyl (C=O) groups is 2. The van der Waals surface area contributed by atoms with Crippen LogP contribution in [0.4, 0.5) is 0 Å². The zero-order valence-electron chi connectivity index (χ0n) is 9.48. The molecule has 0 unspecified atom stereocenters. The van der Waals surface area contributed by atoms with Crippen LogP contribution in [-0.2, 0) is 9.59 Å². The molecule has 0 aromatic carbocycles. The fraction of sp³-hybridized carbons (Fsp3) is 0.800. The number of carboxylic acid groups (broad SMARTS) is 1. The third-order valence-corrected chi connectivity index (χ3v) is 2.17. The molecule has 16 heavy (non-hydrogen) atoms. The first-order valence-electron chi connectivity index (χ1n) is 5.41. The summed E-state index contributed by atoms with van der Waals surface area (Å²) in [6.07, 6.45) is 0.709. The van der Waals surface area contributed by atoms with Gasteiger partial charge in [0.2, 0.25) is 5.91 Å². The topological polar surface area (TPSA) is 113 Å². The molecule has 0 aliphatic carbocycles. The van der Waals surface area contributed by atoms with Crippen molar-refractivity contribution in [2.45, 2.75) is 44.8 Å². The van der Waals surface area contributed by atoms with E-state index in [1.54, 1.807) is 0 Å². The van der Waals surface area contributed by atoms with Gasteiger partial charge in [-0.25, -0.2) is 4.79 Å². The lowest BCUT2D eigenvalue weighted by atomic mass is 10.1. The molecule has 2 atom stereocenters. The fourth-order valence-corrected chi connectivity index (χ4v) is 1.23. The monoisotopic (exact) mass is 232 g/mol. The molecule has 0 saturated carbocycles. The van der Waals surface area contributed by atoms with Gasteiger partial charge in [0.1, 0.15) is 6.04 Å². The Morgan fingerprint density at radius 3 is 2.44 bits per heavy atom. The summed E-state index contributed by atoms with van der Waals surface area (Å²) >= 11 is 0. The van der Waals surface area contributed by atoms with Crippen LogP contribution in [0.3, 0.4) is 0 Å². The third-order valence-electron chi connectivity index (χ3n) is 2.17. The average Bonchev–Trinajstić information content (AvgIpc) is 2.23. The van der Waals surface area contributed by atoms with Crippen LogP contribution in [0.2, 0.25) is 0 Å². The second-order valence-corrected chi connectivity index (χ2v) is 3.68. The van der Waals surface area contributed by atoms with Crippen LogP contribution in [0.25, 0.3) is 0 Å². The van der Waals surface area contributed by atoms with E-state index >= 15 is 0 Å². The highest BCUT2D eigenvalue weighted by molar-refractivity contribution is 5.83. The molecule has 0 fully saturated rings. The number of aliphatic carboxylic acids is 1. The Labute approximate surface area is 94.8 Å². The Morgan fingerprint density at radius 1 is 1.38 bits per heavy atom. The van der Waals surface area contributed by atoms with Crippen LogP contribution in [0.1, 0.15) is 32.6 Å². The van der Waals surface area contributed by atoms with Gasteiger partial charge in [-0.3, -0.25) is 4.79 Å². The quantitative estimate of drug-likeness (QED) is 0.449. The average molecular weight is 232 g/mol. The summed E-state index contributed by atoms with van der Waals surface area (Å²) in [5.74, 6) is -1.37. The Morgan fingerprint density at radius 2 is 2.00 bits per heavy atom. The molecule has 0 spiro atoms.